The van der Waals surface area contributed by atoms with Crippen molar-refractivity contribution in [2.24, 2.45) is 0 Å². The third-order valence-electron chi connectivity index (χ3n) is 4.92. The zero-order chi connectivity index (χ0) is 21.3. The fourth-order valence-corrected chi connectivity index (χ4v) is 3.36. The number of amides is 3. The number of carbonyl (C=O) groups is 2. The molecule has 8 heteroatoms. The average molecular weight is 431 g/mol. The number of urea groups is 1. The molecule has 0 aromatic heterocycles. The van der Waals surface area contributed by atoms with E-state index in [2.05, 4.69) is 5.32 Å². The fourth-order valence-electron chi connectivity index (χ4n) is 3.17. The van der Waals surface area contributed by atoms with Gasteiger partial charge in [-0.15, -0.1) is 0 Å². The van der Waals surface area contributed by atoms with Crippen LogP contribution in [-0.2, 0) is 4.79 Å². The van der Waals surface area contributed by atoms with Gasteiger partial charge in [-0.1, -0.05) is 41.9 Å². The quantitative estimate of drug-likeness (QED) is 0.733. The number of anilines is 1. The summed E-state index contributed by atoms with van der Waals surface area (Å²) < 4.78 is 5.67. The van der Waals surface area contributed by atoms with Gasteiger partial charge < -0.3 is 19.9 Å². The van der Waals surface area contributed by atoms with Crippen LogP contribution in [0, 0.1) is 0 Å². The summed E-state index contributed by atoms with van der Waals surface area (Å²) in [6.07, 6.45) is 0. The molecule has 1 saturated heterocycles. The van der Waals surface area contributed by atoms with Crippen LogP contribution in [-0.4, -0.2) is 79.6 Å². The lowest BCUT2D eigenvalue weighted by Crippen LogP contribution is -2.53. The lowest BCUT2D eigenvalue weighted by molar-refractivity contribution is -0.133. The van der Waals surface area contributed by atoms with Crippen molar-refractivity contribution in [2.45, 2.75) is 0 Å². The van der Waals surface area contributed by atoms with Crippen molar-refractivity contribution < 1.29 is 14.3 Å². The van der Waals surface area contributed by atoms with Crippen LogP contribution >= 0.6 is 11.6 Å². The van der Waals surface area contributed by atoms with Gasteiger partial charge in [0.05, 0.1) is 11.6 Å². The molecule has 0 radical (unpaired) electrons. The summed E-state index contributed by atoms with van der Waals surface area (Å²) in [4.78, 5) is 30.4. The monoisotopic (exact) mass is 430 g/mol. The van der Waals surface area contributed by atoms with Gasteiger partial charge in [-0.25, -0.2) is 4.79 Å². The molecule has 3 amide bonds. The van der Waals surface area contributed by atoms with Crippen molar-refractivity contribution in [1.82, 2.24) is 14.7 Å². The van der Waals surface area contributed by atoms with Crippen LogP contribution in [0.1, 0.15) is 0 Å². The molecule has 0 saturated carbocycles. The maximum atomic E-state index is 12.6. The highest BCUT2D eigenvalue weighted by Gasteiger charge is 2.24. The van der Waals surface area contributed by atoms with Gasteiger partial charge in [0.1, 0.15) is 12.4 Å². The predicted octanol–water partition coefficient (Wildman–Crippen LogP) is 3.03. The first-order valence-corrected chi connectivity index (χ1v) is 10.4. The molecule has 0 atom stereocenters. The number of likely N-dealkylation sites (N-methyl/N-ethyl adjacent to an activating group) is 1. The first-order chi connectivity index (χ1) is 14.5. The van der Waals surface area contributed by atoms with Crippen LogP contribution in [0.4, 0.5) is 10.5 Å². The standard InChI is InChI=1S/C22H27ClN4O3/c1-25(15-16-30-20-10-6-5-9-19(20)23)17-21(28)26-11-13-27(14-12-26)22(29)24-18-7-3-2-4-8-18/h2-10H,11-17H2,1H3,(H,24,29). The van der Waals surface area contributed by atoms with Crippen molar-refractivity contribution in [3.8, 4) is 5.75 Å². The van der Waals surface area contributed by atoms with Crippen molar-refractivity contribution in [2.75, 3.05) is 58.2 Å². The van der Waals surface area contributed by atoms with E-state index in [0.717, 1.165) is 5.69 Å². The van der Waals surface area contributed by atoms with Crippen LogP contribution in [0.5, 0.6) is 5.75 Å². The maximum absolute atomic E-state index is 12.6. The van der Waals surface area contributed by atoms with E-state index in [1.165, 1.54) is 0 Å². The SMILES string of the molecule is CN(CCOc1ccccc1Cl)CC(=O)N1CCN(C(=O)Nc2ccccc2)CC1. The number of rotatable bonds is 7. The smallest absolute Gasteiger partial charge is 0.321 e. The van der Waals surface area contributed by atoms with E-state index in [9.17, 15) is 9.59 Å². The highest BCUT2D eigenvalue weighted by Crippen LogP contribution is 2.22. The van der Waals surface area contributed by atoms with E-state index in [-0.39, 0.29) is 11.9 Å². The molecule has 1 aliphatic rings. The van der Waals surface area contributed by atoms with Gasteiger partial charge in [0.2, 0.25) is 5.91 Å². The van der Waals surface area contributed by atoms with Crippen LogP contribution in [0.25, 0.3) is 0 Å². The Kier molecular flexibility index (Phi) is 7.93. The molecular formula is C22H27ClN4O3. The van der Waals surface area contributed by atoms with Gasteiger partial charge in [0, 0.05) is 38.4 Å². The second-order valence-corrected chi connectivity index (χ2v) is 7.59. The van der Waals surface area contributed by atoms with E-state index in [0.29, 0.717) is 56.6 Å². The number of nitrogens with one attached hydrogen (secondary N) is 1. The molecule has 1 aliphatic heterocycles. The van der Waals surface area contributed by atoms with E-state index in [1.807, 2.05) is 60.5 Å². The van der Waals surface area contributed by atoms with Gasteiger partial charge in [-0.2, -0.15) is 0 Å². The van der Waals surface area contributed by atoms with E-state index in [1.54, 1.807) is 15.9 Å². The molecular weight excluding hydrogens is 404 g/mol. The number of halogens is 1. The van der Waals surface area contributed by atoms with Crippen LogP contribution in [0.2, 0.25) is 5.02 Å². The van der Waals surface area contributed by atoms with Crippen LogP contribution in [0.15, 0.2) is 54.6 Å². The molecule has 30 heavy (non-hydrogen) atoms. The molecule has 2 aromatic rings. The van der Waals surface area contributed by atoms with Crippen molar-refractivity contribution >= 4 is 29.2 Å². The van der Waals surface area contributed by atoms with Crippen LogP contribution in [0.3, 0.4) is 0 Å². The molecule has 7 nitrogen and oxygen atoms in total. The first-order valence-electron chi connectivity index (χ1n) is 9.97. The number of hydrogen-bond acceptors (Lipinski definition) is 4. The molecule has 1 N–H and O–H groups in total. The largest absolute Gasteiger partial charge is 0.491 e. The fraction of sp³-hybridized carbons (Fsp3) is 0.364. The molecule has 1 heterocycles. The minimum absolute atomic E-state index is 0.0540. The molecule has 0 spiro atoms. The molecule has 1 fully saturated rings. The second-order valence-electron chi connectivity index (χ2n) is 7.18. The normalized spacial score (nSPS) is 14.0. The zero-order valence-corrected chi connectivity index (χ0v) is 17.8. The van der Waals surface area contributed by atoms with Gasteiger partial charge in [0.15, 0.2) is 0 Å². The summed E-state index contributed by atoms with van der Waals surface area (Å²) in [7, 11) is 1.89. The lowest BCUT2D eigenvalue weighted by Gasteiger charge is -2.35. The molecule has 2 aromatic carbocycles. The summed E-state index contributed by atoms with van der Waals surface area (Å²) >= 11 is 6.07. The highest BCUT2D eigenvalue weighted by molar-refractivity contribution is 6.32. The average Bonchev–Trinajstić information content (AvgIpc) is 2.76. The Balaban J connectivity index is 1.36. The number of hydrogen-bond donors (Lipinski definition) is 1. The Labute approximate surface area is 182 Å². The van der Waals surface area contributed by atoms with E-state index < -0.39 is 0 Å². The molecule has 160 valence electrons. The maximum Gasteiger partial charge on any atom is 0.321 e. The number of ether oxygens (including phenoxy) is 1. The minimum Gasteiger partial charge on any atom is -0.491 e. The van der Waals surface area contributed by atoms with Gasteiger partial charge in [0.25, 0.3) is 0 Å². The topological polar surface area (TPSA) is 65.1 Å². The van der Waals surface area contributed by atoms with Crippen molar-refractivity contribution in [3.05, 3.63) is 59.6 Å². The number of carbonyl (C=O) groups excluding carboxylic acids is 2. The third kappa shape index (κ3) is 6.37. The second kappa shape index (κ2) is 10.8. The Bertz CT molecular complexity index is 841. The Morgan fingerprint density at radius 1 is 1.00 bits per heavy atom. The van der Waals surface area contributed by atoms with Crippen molar-refractivity contribution in [3.63, 3.8) is 0 Å². The summed E-state index contributed by atoms with van der Waals surface area (Å²) in [5.41, 5.74) is 0.765. The van der Waals surface area contributed by atoms with Crippen LogP contribution < -0.4 is 10.1 Å². The van der Waals surface area contributed by atoms with Gasteiger partial charge in [-0.3, -0.25) is 9.69 Å². The molecule has 3 rings (SSSR count). The first kappa shape index (κ1) is 21.9. The van der Waals surface area contributed by atoms with E-state index in [4.69, 9.17) is 16.3 Å². The number of para-hydroxylation sites is 2. The Hall–Kier alpha value is -2.77. The summed E-state index contributed by atoms with van der Waals surface area (Å²) in [5, 5.41) is 3.45. The number of nitrogens with zero attached hydrogens (tertiary/aromatic N) is 3. The molecule has 0 bridgehead atoms. The Morgan fingerprint density at radius 3 is 2.33 bits per heavy atom. The highest BCUT2D eigenvalue weighted by atomic mass is 35.5. The minimum atomic E-state index is -0.137. The molecule has 0 aliphatic carbocycles. The third-order valence-corrected chi connectivity index (χ3v) is 5.23. The lowest BCUT2D eigenvalue weighted by atomic mass is 10.3. The molecule has 0 unspecified atom stereocenters. The number of piperazine rings is 1. The zero-order valence-electron chi connectivity index (χ0n) is 17.1. The van der Waals surface area contributed by atoms with Gasteiger partial charge in [-0.05, 0) is 31.3 Å². The predicted molar refractivity (Wildman–Crippen MR) is 118 cm³/mol. The summed E-state index contributed by atoms with van der Waals surface area (Å²) in [5.74, 6) is 0.696. The van der Waals surface area contributed by atoms with E-state index >= 15 is 0 Å². The Morgan fingerprint density at radius 2 is 1.63 bits per heavy atom. The van der Waals surface area contributed by atoms with Gasteiger partial charge >= 0.3 is 6.03 Å². The van der Waals surface area contributed by atoms with Crippen molar-refractivity contribution in [1.29, 1.82) is 0 Å². The summed E-state index contributed by atoms with van der Waals surface area (Å²) in [6, 6.07) is 16.5. The summed E-state index contributed by atoms with van der Waals surface area (Å²) in [6.45, 7) is 3.46. The number of benzene rings is 2.